The van der Waals surface area contributed by atoms with Gasteiger partial charge in [-0.1, -0.05) is 30.0 Å². The van der Waals surface area contributed by atoms with Crippen molar-refractivity contribution in [1.29, 1.82) is 0 Å². The van der Waals surface area contributed by atoms with Crippen LogP contribution in [0, 0.1) is 12.7 Å². The molecular formula is C13H17FN4S. The lowest BCUT2D eigenvalue weighted by atomic mass is 10.0. The number of nitrogens with one attached hydrogen (secondary N) is 1. The van der Waals surface area contributed by atoms with Crippen molar-refractivity contribution in [2.45, 2.75) is 32.7 Å². The Morgan fingerprint density at radius 3 is 2.89 bits per heavy atom. The highest BCUT2D eigenvalue weighted by Crippen LogP contribution is 2.28. The number of hydrazine groups is 1. The lowest BCUT2D eigenvalue weighted by molar-refractivity contribution is 0.608. The minimum Gasteiger partial charge on any atom is -0.271 e. The number of benzene rings is 1. The van der Waals surface area contributed by atoms with Gasteiger partial charge in [0.1, 0.15) is 5.82 Å². The molecule has 0 bridgehead atoms. The quantitative estimate of drug-likeness (QED) is 0.652. The van der Waals surface area contributed by atoms with Crippen LogP contribution in [0.25, 0.3) is 0 Å². The van der Waals surface area contributed by atoms with Crippen LogP contribution >= 0.6 is 11.5 Å². The monoisotopic (exact) mass is 280 g/mol. The second-order valence-electron chi connectivity index (χ2n) is 4.44. The van der Waals surface area contributed by atoms with E-state index >= 15 is 0 Å². The molecule has 0 amide bonds. The molecule has 0 radical (unpaired) electrons. The molecule has 1 heterocycles. The maximum atomic E-state index is 13.3. The highest BCUT2D eigenvalue weighted by Gasteiger charge is 2.20. The smallest absolute Gasteiger partial charge is 0.126 e. The first-order valence-electron chi connectivity index (χ1n) is 6.20. The fourth-order valence-electron chi connectivity index (χ4n) is 2.02. The molecule has 2 rings (SSSR count). The maximum absolute atomic E-state index is 13.3. The molecule has 1 aromatic heterocycles. The number of rotatable bonds is 5. The molecule has 0 aliphatic heterocycles. The third-order valence-corrected chi connectivity index (χ3v) is 3.85. The number of hydrogen-bond acceptors (Lipinski definition) is 5. The fourth-order valence-corrected chi connectivity index (χ4v) is 2.80. The Kier molecular flexibility index (Phi) is 4.57. The van der Waals surface area contributed by atoms with Crippen LogP contribution in [-0.2, 0) is 6.42 Å². The number of hydrogen-bond donors (Lipinski definition) is 2. The van der Waals surface area contributed by atoms with Crippen LogP contribution in [0.1, 0.15) is 41.1 Å². The summed E-state index contributed by atoms with van der Waals surface area (Å²) in [6.45, 7) is 3.83. The molecule has 0 saturated carbocycles. The first-order valence-corrected chi connectivity index (χ1v) is 6.98. The first-order chi connectivity index (χ1) is 9.17. The van der Waals surface area contributed by atoms with Crippen molar-refractivity contribution in [3.63, 3.8) is 0 Å². The molecule has 0 aliphatic rings. The molecule has 0 saturated heterocycles. The second-order valence-corrected chi connectivity index (χ2v) is 5.23. The summed E-state index contributed by atoms with van der Waals surface area (Å²) < 4.78 is 17.3. The van der Waals surface area contributed by atoms with Gasteiger partial charge in [-0.25, -0.2) is 9.82 Å². The molecule has 6 heteroatoms. The van der Waals surface area contributed by atoms with E-state index in [-0.39, 0.29) is 11.9 Å². The molecule has 1 aromatic carbocycles. The van der Waals surface area contributed by atoms with Gasteiger partial charge in [-0.3, -0.25) is 5.84 Å². The normalized spacial score (nSPS) is 12.6. The molecule has 19 heavy (non-hydrogen) atoms. The summed E-state index contributed by atoms with van der Waals surface area (Å²) in [5.74, 6) is 5.44. The average Bonchev–Trinajstić information content (AvgIpc) is 2.83. The van der Waals surface area contributed by atoms with Crippen LogP contribution in [0.4, 0.5) is 4.39 Å². The largest absolute Gasteiger partial charge is 0.271 e. The molecule has 4 nitrogen and oxygen atoms in total. The molecule has 102 valence electrons. The summed E-state index contributed by atoms with van der Waals surface area (Å²) in [6, 6.07) is 4.81. The Bertz CT molecular complexity index is 555. The van der Waals surface area contributed by atoms with Crippen molar-refractivity contribution in [2.24, 2.45) is 5.84 Å². The molecular weight excluding hydrogens is 263 g/mol. The standard InChI is InChI=1S/C13H17FN4S/c1-3-4-11-13(19-18-17-11)12(16-15)9-5-6-10(14)8(2)7-9/h5-7,12,16H,3-4,15H2,1-2H3. The Balaban J connectivity index is 2.38. The summed E-state index contributed by atoms with van der Waals surface area (Å²) in [6.07, 6.45) is 1.86. The van der Waals surface area contributed by atoms with Crippen molar-refractivity contribution in [2.75, 3.05) is 0 Å². The topological polar surface area (TPSA) is 63.8 Å². The Hall–Kier alpha value is -1.37. The fraction of sp³-hybridized carbons (Fsp3) is 0.385. The predicted molar refractivity (Wildman–Crippen MR) is 74.2 cm³/mol. The van der Waals surface area contributed by atoms with Gasteiger partial charge in [0.05, 0.1) is 16.6 Å². The highest BCUT2D eigenvalue weighted by atomic mass is 32.1. The Morgan fingerprint density at radius 2 is 2.26 bits per heavy atom. The van der Waals surface area contributed by atoms with E-state index in [4.69, 9.17) is 5.84 Å². The summed E-state index contributed by atoms with van der Waals surface area (Å²) in [5.41, 5.74) is 5.26. The lowest BCUT2D eigenvalue weighted by Crippen LogP contribution is -2.29. The molecule has 2 aromatic rings. The van der Waals surface area contributed by atoms with Crippen LogP contribution < -0.4 is 11.3 Å². The van der Waals surface area contributed by atoms with Gasteiger partial charge < -0.3 is 0 Å². The number of nitrogens with two attached hydrogens (primary N) is 1. The molecule has 0 fully saturated rings. The number of aromatic nitrogens is 2. The minimum absolute atomic E-state index is 0.194. The summed E-state index contributed by atoms with van der Waals surface area (Å²) in [5, 5.41) is 4.14. The van der Waals surface area contributed by atoms with E-state index in [2.05, 4.69) is 21.9 Å². The van der Waals surface area contributed by atoms with E-state index in [0.29, 0.717) is 5.56 Å². The lowest BCUT2D eigenvalue weighted by Gasteiger charge is -2.16. The van der Waals surface area contributed by atoms with Gasteiger partial charge in [-0.05, 0) is 42.1 Å². The molecule has 1 atom stereocenters. The maximum Gasteiger partial charge on any atom is 0.126 e. The van der Waals surface area contributed by atoms with Crippen LogP contribution in [0.15, 0.2) is 18.2 Å². The van der Waals surface area contributed by atoms with Crippen LogP contribution in [-0.4, -0.2) is 9.59 Å². The SMILES string of the molecule is CCCc1nnsc1C(NN)c1ccc(F)c(C)c1. The third kappa shape index (κ3) is 2.97. The number of halogens is 1. The summed E-state index contributed by atoms with van der Waals surface area (Å²) in [4.78, 5) is 0.996. The highest BCUT2D eigenvalue weighted by molar-refractivity contribution is 7.05. The van der Waals surface area contributed by atoms with Gasteiger partial charge in [-0.2, -0.15) is 0 Å². The van der Waals surface area contributed by atoms with Crippen LogP contribution in [0.2, 0.25) is 0 Å². The van der Waals surface area contributed by atoms with Crippen LogP contribution in [0.3, 0.4) is 0 Å². The summed E-state index contributed by atoms with van der Waals surface area (Å²) in [7, 11) is 0. The predicted octanol–water partition coefficient (Wildman–Crippen LogP) is 2.49. The zero-order chi connectivity index (χ0) is 13.8. The summed E-state index contributed by atoms with van der Waals surface area (Å²) >= 11 is 1.33. The van der Waals surface area contributed by atoms with Crippen LogP contribution in [0.5, 0.6) is 0 Å². The molecule has 3 N–H and O–H groups in total. The zero-order valence-corrected chi connectivity index (χ0v) is 11.8. The van der Waals surface area contributed by atoms with Gasteiger partial charge in [0.25, 0.3) is 0 Å². The van der Waals surface area contributed by atoms with E-state index in [1.807, 2.05) is 0 Å². The minimum atomic E-state index is -0.212. The van der Waals surface area contributed by atoms with Gasteiger partial charge >= 0.3 is 0 Å². The molecule has 0 aliphatic carbocycles. The first kappa shape index (κ1) is 14.0. The van der Waals surface area contributed by atoms with E-state index < -0.39 is 0 Å². The van der Waals surface area contributed by atoms with Crippen molar-refractivity contribution >= 4 is 11.5 Å². The van der Waals surface area contributed by atoms with E-state index in [0.717, 1.165) is 29.0 Å². The molecule has 0 spiro atoms. The molecule has 1 unspecified atom stereocenters. The van der Waals surface area contributed by atoms with Crippen molar-refractivity contribution in [1.82, 2.24) is 15.0 Å². The van der Waals surface area contributed by atoms with Crippen molar-refractivity contribution in [3.05, 3.63) is 45.7 Å². The number of nitrogens with zero attached hydrogens (tertiary/aromatic N) is 2. The second kappa shape index (κ2) is 6.18. The van der Waals surface area contributed by atoms with Gasteiger partial charge in [0.15, 0.2) is 0 Å². The van der Waals surface area contributed by atoms with Gasteiger partial charge in [0, 0.05) is 0 Å². The van der Waals surface area contributed by atoms with E-state index in [1.54, 1.807) is 19.1 Å². The third-order valence-electron chi connectivity index (χ3n) is 3.02. The number of aryl methyl sites for hydroxylation is 2. The van der Waals surface area contributed by atoms with Gasteiger partial charge in [-0.15, -0.1) is 5.10 Å². The van der Waals surface area contributed by atoms with Crippen molar-refractivity contribution in [3.8, 4) is 0 Å². The van der Waals surface area contributed by atoms with Crippen molar-refractivity contribution < 1.29 is 4.39 Å². The zero-order valence-electron chi connectivity index (χ0n) is 11.0. The van der Waals surface area contributed by atoms with E-state index in [1.165, 1.54) is 17.6 Å². The Labute approximate surface area is 116 Å². The van der Waals surface area contributed by atoms with Gasteiger partial charge in [0.2, 0.25) is 0 Å². The van der Waals surface area contributed by atoms with E-state index in [9.17, 15) is 4.39 Å². The Morgan fingerprint density at radius 1 is 1.47 bits per heavy atom. The average molecular weight is 280 g/mol.